The number of carbonyl (C=O) groups excluding carboxylic acids is 3. The van der Waals surface area contributed by atoms with Crippen molar-refractivity contribution >= 4 is 17.9 Å². The van der Waals surface area contributed by atoms with Gasteiger partial charge in [-0.3, -0.25) is 4.79 Å². The van der Waals surface area contributed by atoms with Gasteiger partial charge in [-0.1, -0.05) is 36.4 Å². The SMILES string of the molecule is CC(=O)OCC(CO)(COC(=O)c1ccccc1)COC(=O)c1ccccc1. The zero-order chi connectivity index (χ0) is 20.4. The third-order valence-corrected chi connectivity index (χ3v) is 3.95. The number of benzene rings is 2. The first-order valence-corrected chi connectivity index (χ1v) is 8.64. The highest BCUT2D eigenvalue weighted by molar-refractivity contribution is 5.89. The van der Waals surface area contributed by atoms with E-state index in [1.807, 2.05) is 0 Å². The molecule has 0 aromatic heterocycles. The summed E-state index contributed by atoms with van der Waals surface area (Å²) in [5, 5.41) is 9.88. The van der Waals surface area contributed by atoms with E-state index in [1.165, 1.54) is 6.92 Å². The van der Waals surface area contributed by atoms with Crippen LogP contribution in [0.25, 0.3) is 0 Å². The minimum atomic E-state index is -1.28. The Kier molecular flexibility index (Phi) is 7.71. The molecular weight excluding hydrogens is 364 g/mol. The van der Waals surface area contributed by atoms with Crippen molar-refractivity contribution in [3.05, 3.63) is 71.8 Å². The van der Waals surface area contributed by atoms with E-state index < -0.39 is 29.9 Å². The molecule has 0 spiro atoms. The summed E-state index contributed by atoms with van der Waals surface area (Å²) in [5.74, 6) is -1.77. The standard InChI is InChI=1S/C21H22O7/c1-16(23)26-13-21(12-22,14-27-19(24)17-8-4-2-5-9-17)15-28-20(25)18-10-6-3-7-11-18/h2-11,22H,12-15H2,1H3. The average Bonchev–Trinajstić information content (AvgIpc) is 2.74. The van der Waals surface area contributed by atoms with Gasteiger partial charge >= 0.3 is 17.9 Å². The van der Waals surface area contributed by atoms with Crippen molar-refractivity contribution in [1.29, 1.82) is 0 Å². The number of rotatable bonds is 9. The largest absolute Gasteiger partial charge is 0.465 e. The predicted octanol–water partition coefficient (Wildman–Crippen LogP) is 2.24. The summed E-state index contributed by atoms with van der Waals surface area (Å²) < 4.78 is 15.5. The van der Waals surface area contributed by atoms with Crippen molar-refractivity contribution in [2.75, 3.05) is 26.4 Å². The Hall–Kier alpha value is -3.19. The quantitative estimate of drug-likeness (QED) is 0.521. The van der Waals surface area contributed by atoms with E-state index in [9.17, 15) is 19.5 Å². The first-order valence-electron chi connectivity index (χ1n) is 8.64. The fourth-order valence-corrected chi connectivity index (χ4v) is 2.27. The molecule has 0 saturated carbocycles. The Morgan fingerprint density at radius 3 is 1.50 bits per heavy atom. The summed E-state index contributed by atoms with van der Waals surface area (Å²) >= 11 is 0. The maximum Gasteiger partial charge on any atom is 0.338 e. The normalized spacial score (nSPS) is 10.8. The van der Waals surface area contributed by atoms with Crippen molar-refractivity contribution in [2.45, 2.75) is 6.92 Å². The van der Waals surface area contributed by atoms with Crippen molar-refractivity contribution < 1.29 is 33.7 Å². The summed E-state index contributed by atoms with van der Waals surface area (Å²) in [4.78, 5) is 35.6. The van der Waals surface area contributed by atoms with E-state index in [0.717, 1.165) is 0 Å². The summed E-state index contributed by atoms with van der Waals surface area (Å²) in [6, 6.07) is 16.6. The molecule has 2 rings (SSSR count). The predicted molar refractivity (Wildman–Crippen MR) is 99.6 cm³/mol. The van der Waals surface area contributed by atoms with E-state index in [0.29, 0.717) is 11.1 Å². The second-order valence-electron chi connectivity index (χ2n) is 6.32. The molecule has 7 nitrogen and oxygen atoms in total. The van der Waals surface area contributed by atoms with Gasteiger partial charge < -0.3 is 19.3 Å². The van der Waals surface area contributed by atoms with Crippen LogP contribution in [0.15, 0.2) is 60.7 Å². The van der Waals surface area contributed by atoms with E-state index in [2.05, 4.69) is 0 Å². The smallest absolute Gasteiger partial charge is 0.338 e. The highest BCUT2D eigenvalue weighted by Crippen LogP contribution is 2.21. The minimum Gasteiger partial charge on any atom is -0.465 e. The molecule has 1 N–H and O–H groups in total. The summed E-state index contributed by atoms with van der Waals surface area (Å²) in [7, 11) is 0. The van der Waals surface area contributed by atoms with Crippen LogP contribution in [0.3, 0.4) is 0 Å². The van der Waals surface area contributed by atoms with Crippen LogP contribution < -0.4 is 0 Å². The molecule has 2 aromatic carbocycles. The van der Waals surface area contributed by atoms with Crippen LogP contribution in [0.1, 0.15) is 27.6 Å². The molecule has 28 heavy (non-hydrogen) atoms. The molecule has 148 valence electrons. The molecule has 0 saturated heterocycles. The third-order valence-electron chi connectivity index (χ3n) is 3.95. The number of aliphatic hydroxyl groups is 1. The highest BCUT2D eigenvalue weighted by Gasteiger charge is 2.35. The van der Waals surface area contributed by atoms with Crippen LogP contribution in [0.5, 0.6) is 0 Å². The van der Waals surface area contributed by atoms with Crippen LogP contribution in [0.2, 0.25) is 0 Å². The Morgan fingerprint density at radius 2 is 1.14 bits per heavy atom. The summed E-state index contributed by atoms with van der Waals surface area (Å²) in [5.41, 5.74) is -0.605. The first-order chi connectivity index (χ1) is 13.5. The number of hydrogen-bond donors (Lipinski definition) is 1. The van der Waals surface area contributed by atoms with Crippen molar-refractivity contribution in [2.24, 2.45) is 5.41 Å². The third kappa shape index (κ3) is 6.21. The molecule has 0 aliphatic carbocycles. The fourth-order valence-electron chi connectivity index (χ4n) is 2.27. The average molecular weight is 386 g/mol. The molecule has 0 atom stereocenters. The zero-order valence-corrected chi connectivity index (χ0v) is 15.5. The van der Waals surface area contributed by atoms with Gasteiger partial charge in [-0.2, -0.15) is 0 Å². The van der Waals surface area contributed by atoms with Crippen LogP contribution in [-0.2, 0) is 19.0 Å². The van der Waals surface area contributed by atoms with Gasteiger partial charge in [0.15, 0.2) is 0 Å². The van der Waals surface area contributed by atoms with Crippen LogP contribution in [0, 0.1) is 5.41 Å². The molecule has 0 amide bonds. The topological polar surface area (TPSA) is 99.1 Å². The molecule has 0 radical (unpaired) electrons. The second-order valence-corrected chi connectivity index (χ2v) is 6.32. The lowest BCUT2D eigenvalue weighted by molar-refractivity contribution is -0.148. The lowest BCUT2D eigenvalue weighted by atomic mass is 9.92. The van der Waals surface area contributed by atoms with E-state index in [-0.39, 0.29) is 19.8 Å². The Labute approximate surface area is 162 Å². The van der Waals surface area contributed by atoms with Gasteiger partial charge in [-0.05, 0) is 24.3 Å². The van der Waals surface area contributed by atoms with E-state index in [4.69, 9.17) is 14.2 Å². The molecule has 0 bridgehead atoms. The van der Waals surface area contributed by atoms with E-state index in [1.54, 1.807) is 60.7 Å². The molecule has 0 aliphatic heterocycles. The highest BCUT2D eigenvalue weighted by atomic mass is 16.6. The van der Waals surface area contributed by atoms with Gasteiger partial charge in [-0.15, -0.1) is 0 Å². The van der Waals surface area contributed by atoms with Gasteiger partial charge in [0.05, 0.1) is 23.1 Å². The van der Waals surface area contributed by atoms with Crippen molar-refractivity contribution in [3.63, 3.8) is 0 Å². The molecule has 0 aliphatic rings. The zero-order valence-electron chi connectivity index (χ0n) is 15.5. The van der Waals surface area contributed by atoms with E-state index >= 15 is 0 Å². The van der Waals surface area contributed by atoms with Crippen molar-refractivity contribution in [1.82, 2.24) is 0 Å². The van der Waals surface area contributed by atoms with Gasteiger partial charge in [0.1, 0.15) is 19.8 Å². The van der Waals surface area contributed by atoms with Crippen LogP contribution >= 0.6 is 0 Å². The summed E-state index contributed by atoms with van der Waals surface area (Å²) in [6.45, 7) is -0.180. The lowest BCUT2D eigenvalue weighted by Crippen LogP contribution is -2.42. The lowest BCUT2D eigenvalue weighted by Gasteiger charge is -2.30. The van der Waals surface area contributed by atoms with Gasteiger partial charge in [0.25, 0.3) is 0 Å². The van der Waals surface area contributed by atoms with Gasteiger partial charge in [0, 0.05) is 6.92 Å². The number of ether oxygens (including phenoxy) is 3. The molecule has 0 fully saturated rings. The number of carbonyl (C=O) groups is 3. The maximum atomic E-state index is 12.2. The van der Waals surface area contributed by atoms with Gasteiger partial charge in [0.2, 0.25) is 0 Å². The molecule has 0 unspecified atom stereocenters. The molecular formula is C21H22O7. The second kappa shape index (κ2) is 10.2. The number of esters is 3. The molecule has 2 aromatic rings. The molecule has 0 heterocycles. The summed E-state index contributed by atoms with van der Waals surface area (Å²) in [6.07, 6.45) is 0. The van der Waals surface area contributed by atoms with Crippen LogP contribution in [-0.4, -0.2) is 49.4 Å². The Balaban J connectivity index is 2.06. The minimum absolute atomic E-state index is 0.275. The monoisotopic (exact) mass is 386 g/mol. The Morgan fingerprint density at radius 1 is 0.750 bits per heavy atom. The van der Waals surface area contributed by atoms with Crippen LogP contribution in [0.4, 0.5) is 0 Å². The Bertz CT molecular complexity index is 731. The fraction of sp³-hybridized carbons (Fsp3) is 0.286. The first kappa shape index (κ1) is 21.1. The number of hydrogen-bond acceptors (Lipinski definition) is 7. The van der Waals surface area contributed by atoms with Crippen molar-refractivity contribution in [3.8, 4) is 0 Å². The number of aliphatic hydroxyl groups excluding tert-OH is 1. The van der Waals surface area contributed by atoms with Gasteiger partial charge in [-0.25, -0.2) is 9.59 Å². The molecule has 7 heteroatoms. The maximum absolute atomic E-state index is 12.2.